The van der Waals surface area contributed by atoms with Crippen molar-refractivity contribution in [1.82, 2.24) is 0 Å². The third-order valence-corrected chi connectivity index (χ3v) is 2.87. The van der Waals surface area contributed by atoms with Crippen LogP contribution in [0.3, 0.4) is 0 Å². The first-order valence-electron chi connectivity index (χ1n) is 6.63. The Bertz CT molecular complexity index is 295. The zero-order valence-corrected chi connectivity index (χ0v) is 10.7. The van der Waals surface area contributed by atoms with Crippen LogP contribution in [0.15, 0.2) is 36.4 Å². The van der Waals surface area contributed by atoms with Crippen LogP contribution in [-0.4, -0.2) is 0 Å². The first-order chi connectivity index (χ1) is 7.88. The summed E-state index contributed by atoms with van der Waals surface area (Å²) in [6.45, 7) is 4.50. The highest BCUT2D eigenvalue weighted by Gasteiger charge is 2.00. The Morgan fingerprint density at radius 3 is 2.38 bits per heavy atom. The second-order valence-corrected chi connectivity index (χ2v) is 4.34. The Morgan fingerprint density at radius 2 is 1.75 bits per heavy atom. The summed E-state index contributed by atoms with van der Waals surface area (Å²) in [5.41, 5.74) is 2.95. The zero-order chi connectivity index (χ0) is 11.6. The number of hydrogen-bond donors (Lipinski definition) is 0. The van der Waals surface area contributed by atoms with E-state index < -0.39 is 0 Å². The summed E-state index contributed by atoms with van der Waals surface area (Å²) in [4.78, 5) is 0. The highest BCUT2D eigenvalue weighted by molar-refractivity contribution is 5.65. The van der Waals surface area contributed by atoms with Crippen molar-refractivity contribution in [2.45, 2.75) is 52.4 Å². The molecular formula is C16H24. The van der Waals surface area contributed by atoms with Gasteiger partial charge in [0, 0.05) is 0 Å². The molecule has 1 aromatic carbocycles. The quantitative estimate of drug-likeness (QED) is 0.532. The number of rotatable bonds is 7. The molecule has 0 unspecified atom stereocenters. The molecule has 0 heterocycles. The van der Waals surface area contributed by atoms with Gasteiger partial charge in [-0.1, -0.05) is 69.5 Å². The van der Waals surface area contributed by atoms with E-state index in [2.05, 4.69) is 50.3 Å². The van der Waals surface area contributed by atoms with Gasteiger partial charge >= 0.3 is 0 Å². The Balaban J connectivity index is 2.64. The maximum atomic E-state index is 2.42. The van der Waals surface area contributed by atoms with Gasteiger partial charge in [-0.3, -0.25) is 0 Å². The monoisotopic (exact) mass is 216 g/mol. The van der Waals surface area contributed by atoms with Crippen LogP contribution < -0.4 is 0 Å². The van der Waals surface area contributed by atoms with Crippen LogP contribution in [0.5, 0.6) is 0 Å². The average Bonchev–Trinajstić information content (AvgIpc) is 2.35. The first kappa shape index (κ1) is 13.0. The maximum absolute atomic E-state index is 2.42. The summed E-state index contributed by atoms with van der Waals surface area (Å²) >= 11 is 0. The van der Waals surface area contributed by atoms with E-state index in [1.807, 2.05) is 0 Å². The fraction of sp³-hybridized carbons (Fsp3) is 0.500. The zero-order valence-electron chi connectivity index (χ0n) is 10.7. The van der Waals surface area contributed by atoms with Crippen LogP contribution >= 0.6 is 0 Å². The normalized spacial score (nSPS) is 11.8. The molecule has 0 spiro atoms. The second kappa shape index (κ2) is 8.15. The highest BCUT2D eigenvalue weighted by atomic mass is 14.1. The van der Waals surface area contributed by atoms with Gasteiger partial charge in [-0.15, -0.1) is 0 Å². The maximum Gasteiger partial charge on any atom is -0.0228 e. The molecule has 0 nitrogen and oxygen atoms in total. The Kier molecular flexibility index (Phi) is 6.64. The van der Waals surface area contributed by atoms with Gasteiger partial charge in [0.1, 0.15) is 0 Å². The lowest BCUT2D eigenvalue weighted by Gasteiger charge is -2.07. The van der Waals surface area contributed by atoms with Crippen LogP contribution in [0.4, 0.5) is 0 Å². The second-order valence-electron chi connectivity index (χ2n) is 4.34. The predicted octanol–water partition coefficient (Wildman–Crippen LogP) is 5.45. The largest absolute Gasteiger partial charge is 0.0807 e. The van der Waals surface area contributed by atoms with Crippen molar-refractivity contribution >= 4 is 5.57 Å². The molecule has 1 rings (SSSR count). The van der Waals surface area contributed by atoms with Crippen LogP contribution in [-0.2, 0) is 0 Å². The van der Waals surface area contributed by atoms with Gasteiger partial charge < -0.3 is 0 Å². The van der Waals surface area contributed by atoms with Crippen molar-refractivity contribution in [1.29, 1.82) is 0 Å². The van der Waals surface area contributed by atoms with E-state index in [0.29, 0.717) is 0 Å². The van der Waals surface area contributed by atoms with Crippen LogP contribution in [0.25, 0.3) is 5.57 Å². The minimum Gasteiger partial charge on any atom is -0.0807 e. The summed E-state index contributed by atoms with van der Waals surface area (Å²) < 4.78 is 0. The van der Waals surface area contributed by atoms with E-state index >= 15 is 0 Å². The van der Waals surface area contributed by atoms with Crippen LogP contribution in [0, 0.1) is 0 Å². The fourth-order valence-corrected chi connectivity index (χ4v) is 1.90. The van der Waals surface area contributed by atoms with Gasteiger partial charge in [0.2, 0.25) is 0 Å². The molecule has 0 amide bonds. The summed E-state index contributed by atoms with van der Waals surface area (Å²) in [6.07, 6.45) is 10.1. The third-order valence-electron chi connectivity index (χ3n) is 2.87. The molecule has 0 aliphatic carbocycles. The highest BCUT2D eigenvalue weighted by Crippen LogP contribution is 2.21. The van der Waals surface area contributed by atoms with Crippen molar-refractivity contribution in [3.63, 3.8) is 0 Å². The Morgan fingerprint density at radius 1 is 1.00 bits per heavy atom. The number of allylic oxidation sites excluding steroid dienone is 2. The van der Waals surface area contributed by atoms with E-state index in [1.165, 1.54) is 49.7 Å². The lowest BCUT2D eigenvalue weighted by atomic mass is 9.98. The van der Waals surface area contributed by atoms with E-state index in [9.17, 15) is 0 Å². The topological polar surface area (TPSA) is 0 Å². The van der Waals surface area contributed by atoms with Crippen molar-refractivity contribution in [3.8, 4) is 0 Å². The first-order valence-corrected chi connectivity index (χ1v) is 6.63. The van der Waals surface area contributed by atoms with E-state index in [1.54, 1.807) is 0 Å². The average molecular weight is 216 g/mol. The molecule has 0 heteroatoms. The molecule has 0 fully saturated rings. The molecule has 1 aromatic rings. The smallest absolute Gasteiger partial charge is 0.0228 e. The summed E-state index contributed by atoms with van der Waals surface area (Å²) in [5.74, 6) is 0. The number of benzene rings is 1. The lowest BCUT2D eigenvalue weighted by molar-refractivity contribution is 0.734. The molecule has 0 saturated heterocycles. The van der Waals surface area contributed by atoms with Gasteiger partial charge in [0.25, 0.3) is 0 Å². The van der Waals surface area contributed by atoms with Gasteiger partial charge in [-0.05, 0) is 30.4 Å². The van der Waals surface area contributed by atoms with Crippen molar-refractivity contribution in [2.75, 3.05) is 0 Å². The molecule has 0 aliphatic rings. The number of unbranched alkanes of at least 4 members (excludes halogenated alkanes) is 3. The van der Waals surface area contributed by atoms with E-state index in [4.69, 9.17) is 0 Å². The van der Waals surface area contributed by atoms with E-state index in [-0.39, 0.29) is 0 Å². The standard InChI is InChI=1S/C16H24/c1-3-5-8-12-15(11-6-4-2)16-13-9-7-10-14-16/h7,9-11,13-14H,3-6,8,12H2,1-2H3. The summed E-state index contributed by atoms with van der Waals surface area (Å²) in [6, 6.07) is 10.8. The Hall–Kier alpha value is -1.04. The molecule has 88 valence electrons. The van der Waals surface area contributed by atoms with Crippen molar-refractivity contribution < 1.29 is 0 Å². The summed E-state index contributed by atoms with van der Waals surface area (Å²) in [5, 5.41) is 0. The molecular weight excluding hydrogens is 192 g/mol. The molecule has 16 heavy (non-hydrogen) atoms. The molecule has 0 atom stereocenters. The molecule has 0 N–H and O–H groups in total. The fourth-order valence-electron chi connectivity index (χ4n) is 1.90. The van der Waals surface area contributed by atoms with Gasteiger partial charge in [0.05, 0.1) is 0 Å². The van der Waals surface area contributed by atoms with Crippen molar-refractivity contribution in [3.05, 3.63) is 42.0 Å². The molecule has 0 aliphatic heterocycles. The van der Waals surface area contributed by atoms with Gasteiger partial charge in [-0.25, -0.2) is 0 Å². The molecule has 0 aromatic heterocycles. The molecule has 0 radical (unpaired) electrons. The minimum absolute atomic E-state index is 1.20. The molecule has 0 bridgehead atoms. The van der Waals surface area contributed by atoms with Gasteiger partial charge in [-0.2, -0.15) is 0 Å². The molecule has 0 saturated carbocycles. The predicted molar refractivity (Wildman–Crippen MR) is 73.5 cm³/mol. The van der Waals surface area contributed by atoms with Crippen LogP contribution in [0.2, 0.25) is 0 Å². The van der Waals surface area contributed by atoms with Crippen molar-refractivity contribution in [2.24, 2.45) is 0 Å². The Labute approximate surface area is 100 Å². The lowest BCUT2D eigenvalue weighted by Crippen LogP contribution is -1.86. The van der Waals surface area contributed by atoms with E-state index in [0.717, 1.165) is 0 Å². The van der Waals surface area contributed by atoms with Gasteiger partial charge in [0.15, 0.2) is 0 Å². The third kappa shape index (κ3) is 4.65. The van der Waals surface area contributed by atoms with Crippen LogP contribution in [0.1, 0.15) is 57.9 Å². The minimum atomic E-state index is 1.20. The SMILES string of the molecule is CCCC=C(CCCCC)c1ccccc1. The summed E-state index contributed by atoms with van der Waals surface area (Å²) in [7, 11) is 0. The number of hydrogen-bond acceptors (Lipinski definition) is 0.